The van der Waals surface area contributed by atoms with Gasteiger partial charge in [0.2, 0.25) is 0 Å². The third-order valence-electron chi connectivity index (χ3n) is 1.79. The van der Waals surface area contributed by atoms with Gasteiger partial charge in [-0.15, -0.1) is 0 Å². The van der Waals surface area contributed by atoms with E-state index in [0.29, 0.717) is 5.56 Å². The van der Waals surface area contributed by atoms with Crippen molar-refractivity contribution in [2.75, 3.05) is 0 Å². The summed E-state index contributed by atoms with van der Waals surface area (Å²) in [7, 11) is 0. The molecule has 0 aliphatic heterocycles. The molecular formula is C8H12N2O2. The molecule has 1 unspecified atom stereocenters. The Bertz CT molecular complexity index is 304. The second-order valence-corrected chi connectivity index (χ2v) is 2.85. The van der Waals surface area contributed by atoms with E-state index in [1.54, 1.807) is 6.07 Å². The second-order valence-electron chi connectivity index (χ2n) is 2.85. The maximum absolute atomic E-state index is 10.5. The normalized spacial score (nSPS) is 12.9. The number of rotatable bonds is 2. The van der Waals surface area contributed by atoms with E-state index in [4.69, 9.17) is 10.8 Å². The number of hydrogen-bond donors (Lipinski definition) is 3. The first-order valence-corrected chi connectivity index (χ1v) is 3.67. The van der Waals surface area contributed by atoms with Crippen LogP contribution in [0.1, 0.15) is 23.0 Å². The molecule has 0 radical (unpaired) electrons. The van der Waals surface area contributed by atoms with Gasteiger partial charge in [0.25, 0.3) is 0 Å². The van der Waals surface area contributed by atoms with Crippen LogP contribution in [0.5, 0.6) is 0 Å². The number of nitrogens with two attached hydrogens (primary N) is 1. The molecule has 66 valence electrons. The number of hydrogen-bond acceptors (Lipinski definition) is 2. The van der Waals surface area contributed by atoms with Crippen molar-refractivity contribution in [2.24, 2.45) is 5.73 Å². The van der Waals surface area contributed by atoms with E-state index >= 15 is 0 Å². The van der Waals surface area contributed by atoms with Crippen molar-refractivity contribution in [3.8, 4) is 0 Å². The smallest absolute Gasteiger partial charge is 0.325 e. The van der Waals surface area contributed by atoms with Crippen LogP contribution in [0.4, 0.5) is 0 Å². The molecule has 1 atom stereocenters. The lowest BCUT2D eigenvalue weighted by Gasteiger charge is -2.03. The minimum atomic E-state index is -1.00. The SMILES string of the molecule is Cc1cc(C(N)C(=O)O)c(C)[nH]1. The minimum Gasteiger partial charge on any atom is -0.480 e. The Hall–Kier alpha value is -1.29. The van der Waals surface area contributed by atoms with Gasteiger partial charge in [0, 0.05) is 17.0 Å². The number of carboxylic acids is 1. The van der Waals surface area contributed by atoms with Crippen molar-refractivity contribution in [1.29, 1.82) is 0 Å². The van der Waals surface area contributed by atoms with Crippen molar-refractivity contribution in [3.63, 3.8) is 0 Å². The molecule has 0 amide bonds. The minimum absolute atomic E-state index is 0.653. The Morgan fingerprint density at radius 2 is 2.25 bits per heavy atom. The molecule has 4 heteroatoms. The van der Waals surface area contributed by atoms with Crippen LogP contribution in [0, 0.1) is 13.8 Å². The lowest BCUT2D eigenvalue weighted by atomic mass is 10.1. The fraction of sp³-hybridized carbons (Fsp3) is 0.375. The van der Waals surface area contributed by atoms with Crippen LogP contribution in [-0.4, -0.2) is 16.1 Å². The number of aromatic amines is 1. The molecule has 1 rings (SSSR count). The summed E-state index contributed by atoms with van der Waals surface area (Å²) in [6.45, 7) is 3.68. The summed E-state index contributed by atoms with van der Waals surface area (Å²) in [6.07, 6.45) is 0. The molecule has 0 saturated heterocycles. The molecule has 1 heterocycles. The molecule has 0 aliphatic rings. The first-order chi connectivity index (χ1) is 5.52. The summed E-state index contributed by atoms with van der Waals surface area (Å²) < 4.78 is 0. The molecule has 4 nitrogen and oxygen atoms in total. The van der Waals surface area contributed by atoms with E-state index < -0.39 is 12.0 Å². The first-order valence-electron chi connectivity index (χ1n) is 3.67. The van der Waals surface area contributed by atoms with Gasteiger partial charge in [0.15, 0.2) is 0 Å². The zero-order valence-electron chi connectivity index (χ0n) is 7.09. The van der Waals surface area contributed by atoms with Crippen molar-refractivity contribution in [3.05, 3.63) is 23.0 Å². The third kappa shape index (κ3) is 1.48. The molecule has 0 fully saturated rings. The van der Waals surface area contributed by atoms with E-state index in [1.165, 1.54) is 0 Å². The van der Waals surface area contributed by atoms with Gasteiger partial charge in [-0.3, -0.25) is 4.79 Å². The van der Waals surface area contributed by atoms with Crippen molar-refractivity contribution < 1.29 is 9.90 Å². The highest BCUT2D eigenvalue weighted by atomic mass is 16.4. The average Bonchev–Trinajstić information content (AvgIpc) is 2.28. The Morgan fingerprint density at radius 3 is 2.58 bits per heavy atom. The van der Waals surface area contributed by atoms with E-state index in [9.17, 15) is 4.79 Å². The summed E-state index contributed by atoms with van der Waals surface area (Å²) >= 11 is 0. The lowest BCUT2D eigenvalue weighted by molar-refractivity contribution is -0.138. The fourth-order valence-corrected chi connectivity index (χ4v) is 1.20. The Morgan fingerprint density at radius 1 is 1.67 bits per heavy atom. The predicted octanol–water partition coefficient (Wildman–Crippen LogP) is 0.716. The number of aromatic nitrogens is 1. The van der Waals surface area contributed by atoms with Crippen molar-refractivity contribution >= 4 is 5.97 Å². The van der Waals surface area contributed by atoms with Gasteiger partial charge in [0.05, 0.1) is 0 Å². The summed E-state index contributed by atoms with van der Waals surface area (Å²) in [6, 6.07) is 0.837. The van der Waals surface area contributed by atoms with Gasteiger partial charge < -0.3 is 15.8 Å². The zero-order chi connectivity index (χ0) is 9.30. The molecule has 0 spiro atoms. The van der Waals surface area contributed by atoms with Crippen LogP contribution in [0.3, 0.4) is 0 Å². The number of carbonyl (C=O) groups is 1. The standard InChI is InChI=1S/C8H12N2O2/c1-4-3-6(5(2)10-4)7(9)8(11)12/h3,7,10H,9H2,1-2H3,(H,11,12). The quantitative estimate of drug-likeness (QED) is 0.608. The Balaban J connectivity index is 3.02. The highest BCUT2D eigenvalue weighted by Crippen LogP contribution is 2.16. The van der Waals surface area contributed by atoms with Gasteiger partial charge in [-0.1, -0.05) is 0 Å². The van der Waals surface area contributed by atoms with Gasteiger partial charge in [-0.25, -0.2) is 0 Å². The Kier molecular flexibility index (Phi) is 2.19. The topological polar surface area (TPSA) is 79.1 Å². The first kappa shape index (κ1) is 8.80. The summed E-state index contributed by atoms with van der Waals surface area (Å²) in [4.78, 5) is 13.5. The maximum atomic E-state index is 10.5. The number of H-pyrrole nitrogens is 1. The molecule has 1 aromatic heterocycles. The summed E-state index contributed by atoms with van der Waals surface area (Å²) in [5.41, 5.74) is 7.84. The molecule has 0 aliphatic carbocycles. The monoisotopic (exact) mass is 168 g/mol. The van der Waals surface area contributed by atoms with E-state index in [2.05, 4.69) is 4.98 Å². The molecule has 0 aromatic carbocycles. The number of aliphatic carboxylic acids is 1. The van der Waals surface area contributed by atoms with Gasteiger partial charge >= 0.3 is 5.97 Å². The Labute approximate surface area is 70.4 Å². The number of nitrogens with one attached hydrogen (secondary N) is 1. The van der Waals surface area contributed by atoms with E-state index in [-0.39, 0.29) is 0 Å². The van der Waals surface area contributed by atoms with Crippen molar-refractivity contribution in [2.45, 2.75) is 19.9 Å². The van der Waals surface area contributed by atoms with Crippen LogP contribution in [0.25, 0.3) is 0 Å². The largest absolute Gasteiger partial charge is 0.480 e. The van der Waals surface area contributed by atoms with Crippen LogP contribution in [-0.2, 0) is 4.79 Å². The van der Waals surface area contributed by atoms with Crippen LogP contribution in [0.2, 0.25) is 0 Å². The van der Waals surface area contributed by atoms with Gasteiger partial charge in [-0.05, 0) is 19.9 Å². The van der Waals surface area contributed by atoms with E-state index in [1.807, 2.05) is 13.8 Å². The summed E-state index contributed by atoms with van der Waals surface area (Å²) in [5.74, 6) is -1.00. The highest BCUT2D eigenvalue weighted by molar-refractivity contribution is 5.75. The zero-order valence-corrected chi connectivity index (χ0v) is 7.09. The molecular weight excluding hydrogens is 156 g/mol. The molecule has 1 aromatic rings. The van der Waals surface area contributed by atoms with Crippen LogP contribution in [0.15, 0.2) is 6.07 Å². The maximum Gasteiger partial charge on any atom is 0.325 e. The molecule has 12 heavy (non-hydrogen) atoms. The molecule has 0 saturated carbocycles. The third-order valence-corrected chi connectivity index (χ3v) is 1.79. The molecule has 4 N–H and O–H groups in total. The predicted molar refractivity (Wildman–Crippen MR) is 44.8 cm³/mol. The number of aryl methyl sites for hydroxylation is 2. The fourth-order valence-electron chi connectivity index (χ4n) is 1.20. The van der Waals surface area contributed by atoms with Crippen LogP contribution >= 0.6 is 0 Å². The van der Waals surface area contributed by atoms with E-state index in [0.717, 1.165) is 11.4 Å². The lowest BCUT2D eigenvalue weighted by Crippen LogP contribution is -2.20. The van der Waals surface area contributed by atoms with Crippen LogP contribution < -0.4 is 5.73 Å². The second kappa shape index (κ2) is 2.98. The highest BCUT2D eigenvalue weighted by Gasteiger charge is 2.17. The average molecular weight is 168 g/mol. The molecule has 0 bridgehead atoms. The van der Waals surface area contributed by atoms with Gasteiger partial charge in [0.1, 0.15) is 6.04 Å². The van der Waals surface area contributed by atoms with Crippen molar-refractivity contribution in [1.82, 2.24) is 4.98 Å². The summed E-state index contributed by atoms with van der Waals surface area (Å²) in [5, 5.41) is 8.63. The number of carboxylic acid groups (broad SMARTS) is 1. The van der Waals surface area contributed by atoms with Gasteiger partial charge in [-0.2, -0.15) is 0 Å².